The van der Waals surface area contributed by atoms with Crippen molar-refractivity contribution in [2.45, 2.75) is 31.6 Å². The lowest BCUT2D eigenvalue weighted by Crippen LogP contribution is -2.17. The predicted molar refractivity (Wildman–Crippen MR) is 119 cm³/mol. The zero-order valence-electron chi connectivity index (χ0n) is 18.2. The molecule has 1 aromatic heterocycles. The van der Waals surface area contributed by atoms with Crippen LogP contribution in [0.25, 0.3) is 0 Å². The van der Waals surface area contributed by atoms with E-state index in [9.17, 15) is 18.0 Å². The van der Waals surface area contributed by atoms with Crippen LogP contribution in [-0.4, -0.2) is 15.9 Å². The lowest BCUT2D eigenvalue weighted by atomic mass is 10.0. The van der Waals surface area contributed by atoms with E-state index in [1.54, 1.807) is 18.3 Å². The highest BCUT2D eigenvalue weighted by atomic mass is 19.4. The number of rotatable bonds is 8. The largest absolute Gasteiger partial charge is 0.416 e. The molecule has 0 radical (unpaired) electrons. The van der Waals surface area contributed by atoms with Gasteiger partial charge in [-0.25, -0.2) is 9.97 Å². The van der Waals surface area contributed by atoms with E-state index in [1.807, 2.05) is 5.32 Å². The molecule has 1 heterocycles. The maximum absolute atomic E-state index is 15.1. The number of aromatic nitrogens is 2. The number of alkyl halides is 3. The monoisotopic (exact) mass is 484 g/mol. The van der Waals surface area contributed by atoms with Crippen molar-refractivity contribution in [2.24, 2.45) is 5.92 Å². The molecule has 1 aliphatic carbocycles. The molecular weight excluding hydrogens is 464 g/mol. The number of benzene rings is 2. The zero-order chi connectivity index (χ0) is 25.0. The number of hydrogen-bond donors (Lipinski definition) is 3. The molecule has 3 N–H and O–H groups in total. The number of nitrogens with zero attached hydrogens (tertiary/aromatic N) is 3. The number of carbonyl (C=O) groups is 1. The van der Waals surface area contributed by atoms with Gasteiger partial charge in [0, 0.05) is 12.1 Å². The molecule has 7 nitrogen and oxygen atoms in total. The summed E-state index contributed by atoms with van der Waals surface area (Å²) in [6.07, 6.45) is 0.0780. The highest BCUT2D eigenvalue weighted by Crippen LogP contribution is 2.43. The van der Waals surface area contributed by atoms with Crippen LogP contribution in [0.4, 0.5) is 29.2 Å². The second-order valence-corrected chi connectivity index (χ2v) is 8.08. The molecule has 1 amide bonds. The molecule has 1 aliphatic rings. The minimum atomic E-state index is -4.43. The third kappa shape index (κ3) is 5.84. The molecule has 1 unspecified atom stereocenters. The third-order valence-electron chi connectivity index (χ3n) is 5.62. The van der Waals surface area contributed by atoms with Crippen LogP contribution in [0, 0.1) is 23.2 Å². The summed E-state index contributed by atoms with van der Waals surface area (Å²) in [5, 5.41) is 16.5. The standard InChI is InChI=1S/C24H20F4N6O/c25-19-21(30-11-14-1-3-17(4-2-14)23(35)31-12-29)32-13-33-22(19)34-20(15-5-6-15)16-7-9-18(10-8-16)24(26,27)28/h1-4,7-10,13,15,20H,5-6,11H2,(H,31,35)(H2,30,32,33,34). The van der Waals surface area contributed by atoms with E-state index in [-0.39, 0.29) is 30.1 Å². The summed E-state index contributed by atoms with van der Waals surface area (Å²) >= 11 is 0. The summed E-state index contributed by atoms with van der Waals surface area (Å²) in [6, 6.07) is 10.8. The molecule has 4 rings (SSSR count). The van der Waals surface area contributed by atoms with E-state index in [0.29, 0.717) is 11.1 Å². The molecular formula is C24H20F4N6O. The summed E-state index contributed by atoms with van der Waals surface area (Å²) in [6.45, 7) is 0.207. The molecule has 0 bridgehead atoms. The van der Waals surface area contributed by atoms with Crippen LogP contribution in [-0.2, 0) is 12.7 Å². The van der Waals surface area contributed by atoms with Crippen molar-refractivity contribution in [3.05, 3.63) is 82.9 Å². The van der Waals surface area contributed by atoms with Gasteiger partial charge in [0.15, 0.2) is 17.8 Å². The van der Waals surface area contributed by atoms with Crippen LogP contribution >= 0.6 is 0 Å². The van der Waals surface area contributed by atoms with Crippen molar-refractivity contribution in [3.8, 4) is 6.19 Å². The van der Waals surface area contributed by atoms with Gasteiger partial charge in [-0.2, -0.15) is 22.8 Å². The second-order valence-electron chi connectivity index (χ2n) is 8.08. The molecule has 1 fully saturated rings. The van der Waals surface area contributed by atoms with Crippen molar-refractivity contribution in [2.75, 3.05) is 10.6 Å². The van der Waals surface area contributed by atoms with Crippen LogP contribution in [0.5, 0.6) is 0 Å². The Balaban J connectivity index is 1.45. The molecule has 2 aromatic carbocycles. The number of nitriles is 1. The summed E-state index contributed by atoms with van der Waals surface area (Å²) in [5.74, 6) is -1.18. The van der Waals surface area contributed by atoms with Gasteiger partial charge in [-0.1, -0.05) is 24.3 Å². The Morgan fingerprint density at radius 1 is 1.06 bits per heavy atom. The molecule has 1 atom stereocenters. The zero-order valence-corrected chi connectivity index (χ0v) is 18.2. The predicted octanol–water partition coefficient (Wildman–Crippen LogP) is 5.02. The highest BCUT2D eigenvalue weighted by Gasteiger charge is 2.35. The summed E-state index contributed by atoms with van der Waals surface area (Å²) in [5.41, 5.74) is 0.929. The average Bonchev–Trinajstić information content (AvgIpc) is 3.68. The second kappa shape index (κ2) is 9.97. The Kier molecular flexibility index (Phi) is 6.82. The van der Waals surface area contributed by atoms with Crippen LogP contribution < -0.4 is 16.0 Å². The Labute approximate surface area is 198 Å². The average molecular weight is 484 g/mol. The van der Waals surface area contributed by atoms with Gasteiger partial charge in [0.25, 0.3) is 5.91 Å². The van der Waals surface area contributed by atoms with E-state index in [4.69, 9.17) is 5.26 Å². The normalized spacial score (nSPS) is 14.0. The van der Waals surface area contributed by atoms with Crippen LogP contribution in [0.3, 0.4) is 0 Å². The molecule has 11 heteroatoms. The first-order valence-corrected chi connectivity index (χ1v) is 10.7. The lowest BCUT2D eigenvalue weighted by molar-refractivity contribution is -0.137. The maximum atomic E-state index is 15.1. The maximum Gasteiger partial charge on any atom is 0.416 e. The fourth-order valence-electron chi connectivity index (χ4n) is 3.61. The quantitative estimate of drug-likeness (QED) is 0.236. The van der Waals surface area contributed by atoms with Gasteiger partial charge in [0.2, 0.25) is 5.82 Å². The van der Waals surface area contributed by atoms with E-state index < -0.39 is 23.5 Å². The van der Waals surface area contributed by atoms with Crippen molar-refractivity contribution in [1.29, 1.82) is 5.26 Å². The van der Waals surface area contributed by atoms with Crippen LogP contribution in [0.15, 0.2) is 54.9 Å². The smallest absolute Gasteiger partial charge is 0.363 e. The van der Waals surface area contributed by atoms with Gasteiger partial charge in [0.05, 0.1) is 11.6 Å². The highest BCUT2D eigenvalue weighted by molar-refractivity contribution is 5.95. The summed E-state index contributed by atoms with van der Waals surface area (Å²) in [4.78, 5) is 19.6. The first-order valence-electron chi connectivity index (χ1n) is 10.7. The van der Waals surface area contributed by atoms with Gasteiger partial charge in [-0.3, -0.25) is 10.1 Å². The number of carbonyl (C=O) groups excluding carboxylic acids is 1. The number of hydrogen-bond acceptors (Lipinski definition) is 6. The number of amides is 1. The SMILES string of the molecule is N#CNC(=O)c1ccc(CNc2ncnc(NC(c3ccc(C(F)(F)F)cc3)C3CC3)c2F)cc1. The molecule has 35 heavy (non-hydrogen) atoms. The van der Waals surface area contributed by atoms with Crippen LogP contribution in [0.1, 0.15) is 45.9 Å². The molecule has 0 spiro atoms. The van der Waals surface area contributed by atoms with E-state index >= 15 is 4.39 Å². The number of halogens is 4. The Bertz CT molecular complexity index is 1230. The molecule has 1 saturated carbocycles. The molecule has 0 saturated heterocycles. The van der Waals surface area contributed by atoms with E-state index in [0.717, 1.165) is 30.5 Å². The van der Waals surface area contributed by atoms with Crippen molar-refractivity contribution >= 4 is 17.5 Å². The van der Waals surface area contributed by atoms with Gasteiger partial charge in [-0.05, 0) is 54.2 Å². The Morgan fingerprint density at radius 3 is 2.31 bits per heavy atom. The first-order chi connectivity index (χ1) is 16.8. The van der Waals surface area contributed by atoms with Crippen molar-refractivity contribution < 1.29 is 22.4 Å². The van der Waals surface area contributed by atoms with E-state index in [2.05, 4.69) is 20.6 Å². The molecule has 0 aliphatic heterocycles. The fraction of sp³-hybridized carbons (Fsp3) is 0.250. The number of nitrogens with one attached hydrogen (secondary N) is 3. The van der Waals surface area contributed by atoms with Gasteiger partial charge in [-0.15, -0.1) is 0 Å². The summed E-state index contributed by atoms with van der Waals surface area (Å²) < 4.78 is 53.8. The van der Waals surface area contributed by atoms with Gasteiger partial charge >= 0.3 is 6.18 Å². The first kappa shape index (κ1) is 23.9. The van der Waals surface area contributed by atoms with Crippen molar-refractivity contribution in [3.63, 3.8) is 0 Å². The lowest BCUT2D eigenvalue weighted by Gasteiger charge is -2.21. The van der Waals surface area contributed by atoms with Gasteiger partial charge in [0.1, 0.15) is 6.33 Å². The Hall–Kier alpha value is -4.20. The summed E-state index contributed by atoms with van der Waals surface area (Å²) in [7, 11) is 0. The minimum Gasteiger partial charge on any atom is -0.363 e. The molecule has 180 valence electrons. The third-order valence-corrected chi connectivity index (χ3v) is 5.62. The Morgan fingerprint density at radius 2 is 1.71 bits per heavy atom. The minimum absolute atomic E-state index is 0.0456. The fourth-order valence-corrected chi connectivity index (χ4v) is 3.61. The molecule has 3 aromatic rings. The topological polar surface area (TPSA) is 103 Å². The van der Waals surface area contributed by atoms with E-state index in [1.165, 1.54) is 30.6 Å². The van der Waals surface area contributed by atoms with Crippen molar-refractivity contribution in [1.82, 2.24) is 15.3 Å². The number of anilines is 2. The van der Waals surface area contributed by atoms with Crippen LogP contribution in [0.2, 0.25) is 0 Å². The van der Waals surface area contributed by atoms with Gasteiger partial charge < -0.3 is 10.6 Å².